The molecule has 4 rings (SSSR count). The van der Waals surface area contributed by atoms with E-state index in [2.05, 4.69) is 17.0 Å². The topological polar surface area (TPSA) is 134 Å². The zero-order chi connectivity index (χ0) is 27.4. The molecule has 0 spiro atoms. The summed E-state index contributed by atoms with van der Waals surface area (Å²) in [4.78, 5) is 42.5. The van der Waals surface area contributed by atoms with Crippen LogP contribution in [0.4, 0.5) is 4.79 Å². The van der Waals surface area contributed by atoms with E-state index in [0.29, 0.717) is 10.6 Å². The number of hydrogen-bond donors (Lipinski definition) is 2. The number of ether oxygens (including phenoxy) is 2. The molecule has 198 valence electrons. The molecule has 0 unspecified atom stereocenters. The second-order valence-corrected chi connectivity index (χ2v) is 10.1. The number of carbonyl (C=O) groups excluding carboxylic acids is 3. The van der Waals surface area contributed by atoms with Gasteiger partial charge in [0.1, 0.15) is 12.2 Å². The third-order valence-corrected chi connectivity index (χ3v) is 6.21. The van der Waals surface area contributed by atoms with Crippen LogP contribution in [0.5, 0.6) is 0 Å². The van der Waals surface area contributed by atoms with Gasteiger partial charge in [0.2, 0.25) is 0 Å². The first-order valence-electron chi connectivity index (χ1n) is 12.2. The molecule has 1 atom stereocenters. The van der Waals surface area contributed by atoms with Gasteiger partial charge in [0.25, 0.3) is 0 Å². The summed E-state index contributed by atoms with van der Waals surface area (Å²) in [6, 6.07) is 19.3. The van der Waals surface area contributed by atoms with Crippen molar-refractivity contribution in [1.29, 1.82) is 0 Å². The summed E-state index contributed by atoms with van der Waals surface area (Å²) in [5.41, 5.74) is 5.43. The number of nitrogens with two attached hydrogens (primary N) is 2. The SMILES string of the molecule is CC(C)(C)OC(=O)c1ccccc1C[C@@H](C(=O)ON)N(N)C(=O)OCc1ccc2c(c1)-c1ccccc1C2. The summed E-state index contributed by atoms with van der Waals surface area (Å²) >= 11 is 0. The molecule has 1 aliphatic carbocycles. The number of esters is 1. The van der Waals surface area contributed by atoms with E-state index in [0.717, 1.165) is 23.1 Å². The molecule has 0 saturated carbocycles. The van der Waals surface area contributed by atoms with Gasteiger partial charge in [-0.3, -0.25) is 0 Å². The molecule has 0 aliphatic heterocycles. The molecule has 0 heterocycles. The highest BCUT2D eigenvalue weighted by Gasteiger charge is 2.32. The average molecular weight is 518 g/mol. The van der Waals surface area contributed by atoms with E-state index in [-0.39, 0.29) is 18.6 Å². The minimum Gasteiger partial charge on any atom is -0.456 e. The van der Waals surface area contributed by atoms with Crippen molar-refractivity contribution in [2.45, 2.75) is 51.9 Å². The molecular weight excluding hydrogens is 486 g/mol. The number of hydrazine groups is 1. The zero-order valence-corrected chi connectivity index (χ0v) is 21.6. The van der Waals surface area contributed by atoms with Crippen LogP contribution in [-0.4, -0.2) is 34.7 Å². The third kappa shape index (κ3) is 6.01. The molecule has 1 aliphatic rings. The van der Waals surface area contributed by atoms with Gasteiger partial charge in [0.15, 0.2) is 6.04 Å². The summed E-state index contributed by atoms with van der Waals surface area (Å²) in [6.07, 6.45) is -0.237. The van der Waals surface area contributed by atoms with Gasteiger partial charge in [-0.25, -0.2) is 25.2 Å². The smallest absolute Gasteiger partial charge is 0.425 e. The normalized spacial score (nSPS) is 12.7. The maximum absolute atomic E-state index is 12.8. The van der Waals surface area contributed by atoms with Gasteiger partial charge in [0.05, 0.1) is 5.56 Å². The van der Waals surface area contributed by atoms with Gasteiger partial charge in [-0.2, -0.15) is 5.90 Å². The van der Waals surface area contributed by atoms with Gasteiger partial charge in [-0.1, -0.05) is 54.6 Å². The lowest BCUT2D eigenvalue weighted by atomic mass is 9.99. The maximum Gasteiger partial charge on any atom is 0.425 e. The lowest BCUT2D eigenvalue weighted by Gasteiger charge is -2.25. The molecule has 3 aromatic carbocycles. The number of hydrogen-bond acceptors (Lipinski definition) is 8. The van der Waals surface area contributed by atoms with Gasteiger partial charge >= 0.3 is 18.0 Å². The summed E-state index contributed by atoms with van der Waals surface area (Å²) < 4.78 is 10.9. The Morgan fingerprint density at radius 3 is 2.37 bits per heavy atom. The number of benzene rings is 3. The van der Waals surface area contributed by atoms with Crippen molar-refractivity contribution >= 4 is 18.0 Å². The highest BCUT2D eigenvalue weighted by atomic mass is 16.7. The van der Waals surface area contributed by atoms with Crippen molar-refractivity contribution in [3.05, 3.63) is 94.5 Å². The van der Waals surface area contributed by atoms with Crippen LogP contribution >= 0.6 is 0 Å². The van der Waals surface area contributed by atoms with Gasteiger partial charge in [-0.05, 0) is 72.7 Å². The van der Waals surface area contributed by atoms with Crippen LogP contribution in [0.1, 0.15) is 53.4 Å². The third-order valence-electron chi connectivity index (χ3n) is 6.21. The molecule has 0 fully saturated rings. The van der Waals surface area contributed by atoms with Crippen LogP contribution in [-0.2, 0) is 38.6 Å². The maximum atomic E-state index is 12.8. The number of amides is 1. The lowest BCUT2D eigenvalue weighted by molar-refractivity contribution is -0.150. The fraction of sp³-hybridized carbons (Fsp3) is 0.276. The Bertz CT molecular complexity index is 1360. The van der Waals surface area contributed by atoms with E-state index in [1.807, 2.05) is 30.3 Å². The molecule has 1 amide bonds. The van der Waals surface area contributed by atoms with Crippen molar-refractivity contribution in [3.8, 4) is 11.1 Å². The van der Waals surface area contributed by atoms with E-state index in [1.165, 1.54) is 11.1 Å². The number of fused-ring (bicyclic) bond motifs is 3. The van der Waals surface area contributed by atoms with Gasteiger partial charge in [0, 0.05) is 6.42 Å². The summed E-state index contributed by atoms with van der Waals surface area (Å²) in [5.74, 6) is 9.61. The van der Waals surface area contributed by atoms with Crippen LogP contribution in [0.2, 0.25) is 0 Å². The van der Waals surface area contributed by atoms with Crippen LogP contribution in [0.3, 0.4) is 0 Å². The standard InChI is InChI=1S/C29H31N3O6/c1-29(2,3)37-26(33)23-11-7-5-9-20(23)16-25(27(34)38-31)32(30)28(35)36-17-18-12-13-21-15-19-8-4-6-10-22(19)24(21)14-18/h4-14,25H,15-17,30-31H2,1-3H3/t25-/m0/s1. The minimum absolute atomic E-state index is 0.0547. The Morgan fingerprint density at radius 1 is 0.947 bits per heavy atom. The first kappa shape index (κ1) is 26.8. The molecule has 9 nitrogen and oxygen atoms in total. The van der Waals surface area contributed by atoms with Crippen LogP contribution in [0, 0.1) is 0 Å². The van der Waals surface area contributed by atoms with Crippen molar-refractivity contribution in [3.63, 3.8) is 0 Å². The van der Waals surface area contributed by atoms with Crippen molar-refractivity contribution in [1.82, 2.24) is 5.01 Å². The second-order valence-electron chi connectivity index (χ2n) is 10.1. The molecule has 3 aromatic rings. The highest BCUT2D eigenvalue weighted by Crippen LogP contribution is 2.37. The minimum atomic E-state index is -1.34. The van der Waals surface area contributed by atoms with Crippen molar-refractivity contribution in [2.24, 2.45) is 11.7 Å². The number of rotatable bonds is 7. The summed E-state index contributed by atoms with van der Waals surface area (Å²) in [5, 5.41) is 0.629. The Labute approximate surface area is 221 Å². The Balaban J connectivity index is 1.47. The quantitative estimate of drug-likeness (QED) is 0.162. The second kappa shape index (κ2) is 11.0. The molecular formula is C29H31N3O6. The molecule has 0 radical (unpaired) electrons. The van der Waals surface area contributed by atoms with Crippen molar-refractivity contribution in [2.75, 3.05) is 0 Å². The number of carbonyl (C=O) groups is 3. The Morgan fingerprint density at radius 2 is 1.63 bits per heavy atom. The summed E-state index contributed by atoms with van der Waals surface area (Å²) in [7, 11) is 0. The van der Waals surface area contributed by atoms with Gasteiger partial charge in [-0.15, -0.1) is 0 Å². The summed E-state index contributed by atoms with van der Waals surface area (Å²) in [6.45, 7) is 5.19. The lowest BCUT2D eigenvalue weighted by Crippen LogP contribution is -2.52. The zero-order valence-electron chi connectivity index (χ0n) is 21.6. The van der Waals surface area contributed by atoms with E-state index in [9.17, 15) is 14.4 Å². The Hall–Kier alpha value is -4.21. The van der Waals surface area contributed by atoms with E-state index >= 15 is 0 Å². The average Bonchev–Trinajstić information content (AvgIpc) is 3.26. The monoisotopic (exact) mass is 517 g/mol. The molecule has 0 aromatic heterocycles. The fourth-order valence-electron chi connectivity index (χ4n) is 4.42. The first-order chi connectivity index (χ1) is 18.1. The van der Waals surface area contributed by atoms with Crippen molar-refractivity contribution < 1.29 is 28.7 Å². The highest BCUT2D eigenvalue weighted by molar-refractivity contribution is 5.92. The molecule has 38 heavy (non-hydrogen) atoms. The van der Waals surface area contributed by atoms with E-state index in [4.69, 9.17) is 21.2 Å². The number of nitrogens with zero attached hydrogens (tertiary/aromatic N) is 1. The van der Waals surface area contributed by atoms with Crippen LogP contribution in [0.15, 0.2) is 66.7 Å². The Kier molecular flexibility index (Phi) is 7.80. The predicted molar refractivity (Wildman–Crippen MR) is 140 cm³/mol. The first-order valence-corrected chi connectivity index (χ1v) is 12.2. The fourth-order valence-corrected chi connectivity index (χ4v) is 4.42. The molecule has 0 bridgehead atoms. The molecule has 9 heteroatoms. The van der Waals surface area contributed by atoms with E-state index in [1.54, 1.807) is 45.0 Å². The van der Waals surface area contributed by atoms with E-state index < -0.39 is 29.7 Å². The van der Waals surface area contributed by atoms with Crippen LogP contribution in [0.25, 0.3) is 11.1 Å². The van der Waals surface area contributed by atoms with Gasteiger partial charge < -0.3 is 14.3 Å². The van der Waals surface area contributed by atoms with Crippen LogP contribution < -0.4 is 11.7 Å². The largest absolute Gasteiger partial charge is 0.456 e. The molecule has 4 N–H and O–H groups in total. The predicted octanol–water partition coefficient (Wildman–Crippen LogP) is 4.05. The molecule has 0 saturated heterocycles.